The van der Waals surface area contributed by atoms with Gasteiger partial charge in [0.2, 0.25) is 0 Å². The SMILES string of the molecule is Cc1cc(C)c2ccc3ccc(-c4ccc(-c5ccc(-c6nc(-c7ccccc7)cc(-c7ccccc7)n6)cc5)cc4)nc3c2n1. The van der Waals surface area contributed by atoms with Gasteiger partial charge in [0.15, 0.2) is 5.82 Å². The van der Waals surface area contributed by atoms with Gasteiger partial charge in [-0.25, -0.2) is 15.0 Å². The number of pyridine rings is 2. The van der Waals surface area contributed by atoms with Gasteiger partial charge in [-0.15, -0.1) is 0 Å². The average molecular weight is 591 g/mol. The molecule has 0 fully saturated rings. The lowest BCUT2D eigenvalue weighted by Gasteiger charge is -2.10. The van der Waals surface area contributed by atoms with Crippen LogP contribution in [0.2, 0.25) is 0 Å². The highest BCUT2D eigenvalue weighted by atomic mass is 14.9. The van der Waals surface area contributed by atoms with Crippen LogP contribution in [0.3, 0.4) is 0 Å². The number of benzene rings is 5. The van der Waals surface area contributed by atoms with E-state index < -0.39 is 0 Å². The monoisotopic (exact) mass is 590 g/mol. The van der Waals surface area contributed by atoms with Crippen LogP contribution in [0.5, 0.6) is 0 Å². The Hall–Kier alpha value is -6.00. The first kappa shape index (κ1) is 27.5. The molecule has 0 spiro atoms. The molecule has 0 aliphatic rings. The zero-order valence-corrected chi connectivity index (χ0v) is 25.6. The molecule has 218 valence electrons. The molecule has 0 atom stereocenters. The Labute approximate surface area is 268 Å². The first-order valence-corrected chi connectivity index (χ1v) is 15.5. The van der Waals surface area contributed by atoms with Crippen molar-refractivity contribution in [1.29, 1.82) is 0 Å². The van der Waals surface area contributed by atoms with Crippen molar-refractivity contribution in [1.82, 2.24) is 19.9 Å². The van der Waals surface area contributed by atoms with Crippen molar-refractivity contribution in [3.63, 3.8) is 0 Å². The highest BCUT2D eigenvalue weighted by molar-refractivity contribution is 6.04. The minimum absolute atomic E-state index is 0.705. The van der Waals surface area contributed by atoms with E-state index in [1.165, 1.54) is 5.56 Å². The van der Waals surface area contributed by atoms with Crippen LogP contribution in [0.25, 0.3) is 78.1 Å². The molecule has 0 aliphatic heterocycles. The summed E-state index contributed by atoms with van der Waals surface area (Å²) in [4.78, 5) is 19.9. The second-order valence-corrected chi connectivity index (χ2v) is 11.7. The highest BCUT2D eigenvalue weighted by Gasteiger charge is 2.12. The topological polar surface area (TPSA) is 51.6 Å². The fraction of sp³-hybridized carbons (Fsp3) is 0.0476. The number of aromatic nitrogens is 4. The summed E-state index contributed by atoms with van der Waals surface area (Å²) >= 11 is 0. The molecule has 0 amide bonds. The van der Waals surface area contributed by atoms with E-state index in [2.05, 4.69) is 116 Å². The molecule has 46 heavy (non-hydrogen) atoms. The van der Waals surface area contributed by atoms with Crippen molar-refractivity contribution in [2.45, 2.75) is 13.8 Å². The van der Waals surface area contributed by atoms with Crippen LogP contribution < -0.4 is 0 Å². The van der Waals surface area contributed by atoms with Crippen LogP contribution in [0.1, 0.15) is 11.3 Å². The van der Waals surface area contributed by atoms with E-state index in [-0.39, 0.29) is 0 Å². The lowest BCUT2D eigenvalue weighted by Crippen LogP contribution is -1.95. The Balaban J connectivity index is 1.11. The summed E-state index contributed by atoms with van der Waals surface area (Å²) in [5.41, 5.74) is 13.3. The quantitative estimate of drug-likeness (QED) is 0.187. The van der Waals surface area contributed by atoms with Gasteiger partial charge in [0.1, 0.15) is 0 Å². The van der Waals surface area contributed by atoms with E-state index in [4.69, 9.17) is 19.9 Å². The van der Waals surface area contributed by atoms with Gasteiger partial charge >= 0.3 is 0 Å². The largest absolute Gasteiger partial charge is 0.251 e. The van der Waals surface area contributed by atoms with Crippen LogP contribution in [0, 0.1) is 13.8 Å². The van der Waals surface area contributed by atoms with E-state index in [1.807, 2.05) is 43.3 Å². The van der Waals surface area contributed by atoms with Gasteiger partial charge in [-0.1, -0.05) is 127 Å². The van der Waals surface area contributed by atoms with Crippen LogP contribution in [0.4, 0.5) is 0 Å². The standard InChI is InChI=1S/C42H30N4/c1-27-25-28(2)43-41-36(27)23-21-34-22-24-37(44-40(34)41)33-17-13-29(14-18-33)30-15-19-35(20-16-30)42-45-38(31-9-5-3-6-10-31)26-39(46-42)32-11-7-4-8-12-32/h3-26H,1-2H3. The fourth-order valence-electron chi connectivity index (χ4n) is 6.10. The number of fused-ring (bicyclic) bond motifs is 3. The summed E-state index contributed by atoms with van der Waals surface area (Å²) in [6, 6.07) is 50.3. The molecule has 3 heterocycles. The third-order valence-electron chi connectivity index (χ3n) is 8.50. The number of hydrogen-bond donors (Lipinski definition) is 0. The molecule has 0 aliphatic carbocycles. The van der Waals surface area contributed by atoms with Crippen molar-refractivity contribution in [2.75, 3.05) is 0 Å². The van der Waals surface area contributed by atoms with Gasteiger partial charge in [0, 0.05) is 38.7 Å². The van der Waals surface area contributed by atoms with Crippen molar-refractivity contribution in [3.8, 4) is 56.3 Å². The van der Waals surface area contributed by atoms with Gasteiger partial charge in [-0.3, -0.25) is 4.98 Å². The zero-order valence-electron chi connectivity index (χ0n) is 25.6. The number of nitrogens with zero attached hydrogens (tertiary/aromatic N) is 4. The molecule has 0 bridgehead atoms. The summed E-state index contributed by atoms with van der Waals surface area (Å²) < 4.78 is 0. The van der Waals surface area contributed by atoms with E-state index in [0.717, 1.165) is 78.0 Å². The molecule has 5 aromatic carbocycles. The summed E-state index contributed by atoms with van der Waals surface area (Å²) in [7, 11) is 0. The summed E-state index contributed by atoms with van der Waals surface area (Å²) in [5, 5.41) is 2.25. The van der Waals surface area contributed by atoms with Crippen molar-refractivity contribution in [2.24, 2.45) is 0 Å². The fourth-order valence-corrected chi connectivity index (χ4v) is 6.10. The predicted octanol–water partition coefficient (Wildman–Crippen LogP) is 10.5. The minimum Gasteiger partial charge on any atom is -0.251 e. The maximum atomic E-state index is 5.08. The molecule has 8 rings (SSSR count). The molecule has 0 unspecified atom stereocenters. The van der Waals surface area contributed by atoms with Crippen LogP contribution >= 0.6 is 0 Å². The maximum Gasteiger partial charge on any atom is 0.160 e. The van der Waals surface area contributed by atoms with Gasteiger partial charge in [-0.2, -0.15) is 0 Å². The molecule has 0 N–H and O–H groups in total. The Morgan fingerprint density at radius 1 is 0.370 bits per heavy atom. The number of hydrogen-bond acceptors (Lipinski definition) is 4. The molecule has 0 saturated carbocycles. The Morgan fingerprint density at radius 3 is 1.50 bits per heavy atom. The summed E-state index contributed by atoms with van der Waals surface area (Å²) in [6.45, 7) is 4.17. The third-order valence-corrected chi connectivity index (χ3v) is 8.50. The van der Waals surface area contributed by atoms with Crippen molar-refractivity contribution in [3.05, 3.63) is 157 Å². The van der Waals surface area contributed by atoms with Gasteiger partial charge in [0.05, 0.1) is 28.1 Å². The first-order valence-electron chi connectivity index (χ1n) is 15.5. The second kappa shape index (κ2) is 11.5. The normalized spacial score (nSPS) is 11.3. The van der Waals surface area contributed by atoms with E-state index in [9.17, 15) is 0 Å². The van der Waals surface area contributed by atoms with E-state index in [1.54, 1.807) is 0 Å². The smallest absolute Gasteiger partial charge is 0.160 e. The number of aryl methyl sites for hydroxylation is 2. The molecular weight excluding hydrogens is 560 g/mol. The average Bonchev–Trinajstić information content (AvgIpc) is 3.12. The molecule has 4 nitrogen and oxygen atoms in total. The first-order chi connectivity index (χ1) is 22.6. The van der Waals surface area contributed by atoms with Crippen molar-refractivity contribution < 1.29 is 0 Å². The summed E-state index contributed by atoms with van der Waals surface area (Å²) in [5.74, 6) is 0.705. The summed E-state index contributed by atoms with van der Waals surface area (Å²) in [6.07, 6.45) is 0. The Bertz CT molecular complexity index is 2290. The van der Waals surface area contributed by atoms with Crippen LogP contribution in [-0.4, -0.2) is 19.9 Å². The van der Waals surface area contributed by atoms with Crippen molar-refractivity contribution >= 4 is 21.8 Å². The Kier molecular flexibility index (Phi) is 6.88. The van der Waals surface area contributed by atoms with E-state index >= 15 is 0 Å². The maximum absolute atomic E-state index is 5.08. The second-order valence-electron chi connectivity index (χ2n) is 11.7. The van der Waals surface area contributed by atoms with Crippen LogP contribution in [-0.2, 0) is 0 Å². The molecular formula is C42H30N4. The lowest BCUT2D eigenvalue weighted by atomic mass is 10.0. The molecule has 4 heteroatoms. The van der Waals surface area contributed by atoms with Gasteiger partial charge in [0.25, 0.3) is 0 Å². The zero-order chi connectivity index (χ0) is 31.0. The number of rotatable bonds is 5. The predicted molar refractivity (Wildman–Crippen MR) is 189 cm³/mol. The molecule has 0 radical (unpaired) electrons. The third kappa shape index (κ3) is 5.20. The molecule has 8 aromatic rings. The van der Waals surface area contributed by atoms with Crippen LogP contribution in [0.15, 0.2) is 146 Å². The Morgan fingerprint density at radius 2 is 0.891 bits per heavy atom. The van der Waals surface area contributed by atoms with Gasteiger partial charge < -0.3 is 0 Å². The lowest BCUT2D eigenvalue weighted by molar-refractivity contribution is 1.18. The minimum atomic E-state index is 0.705. The van der Waals surface area contributed by atoms with Gasteiger partial charge in [-0.05, 0) is 48.7 Å². The molecule has 3 aromatic heterocycles. The van der Waals surface area contributed by atoms with E-state index in [0.29, 0.717) is 5.82 Å². The highest BCUT2D eigenvalue weighted by Crippen LogP contribution is 2.31. The molecule has 0 saturated heterocycles.